The highest BCUT2D eigenvalue weighted by Crippen LogP contribution is 2.36. The first-order valence-electron chi connectivity index (χ1n) is 6.38. The van der Waals surface area contributed by atoms with E-state index in [4.69, 9.17) is 0 Å². The van der Waals surface area contributed by atoms with Crippen molar-refractivity contribution >= 4 is 17.7 Å². The molecular formula is C12H20N4OS. The summed E-state index contributed by atoms with van der Waals surface area (Å²) in [4.78, 5) is 11.9. The average molecular weight is 268 g/mol. The third-order valence-corrected chi connectivity index (χ3v) is 4.33. The number of aryl methyl sites for hydroxylation is 1. The number of nitrogens with zero attached hydrogens (tertiary/aromatic N) is 3. The second-order valence-corrected chi connectivity index (χ2v) is 5.66. The van der Waals surface area contributed by atoms with Gasteiger partial charge in [-0.3, -0.25) is 4.79 Å². The van der Waals surface area contributed by atoms with Crippen LogP contribution in [0.3, 0.4) is 0 Å². The summed E-state index contributed by atoms with van der Waals surface area (Å²) in [5.41, 5.74) is 0. The van der Waals surface area contributed by atoms with Gasteiger partial charge >= 0.3 is 0 Å². The Morgan fingerprint density at radius 1 is 1.56 bits per heavy atom. The highest BCUT2D eigenvalue weighted by molar-refractivity contribution is 7.99. The Morgan fingerprint density at radius 2 is 2.28 bits per heavy atom. The van der Waals surface area contributed by atoms with E-state index in [0.29, 0.717) is 12.6 Å². The lowest BCUT2D eigenvalue weighted by molar-refractivity contribution is -0.120. The molecule has 1 atom stereocenters. The molecule has 0 radical (unpaired) electrons. The maximum atomic E-state index is 11.9. The summed E-state index contributed by atoms with van der Waals surface area (Å²) in [5, 5.41) is 11.2. The fourth-order valence-corrected chi connectivity index (χ4v) is 2.71. The highest BCUT2D eigenvalue weighted by atomic mass is 32.2. The minimum atomic E-state index is 0.0309. The topological polar surface area (TPSA) is 59.8 Å². The molecule has 1 aliphatic carbocycles. The molecule has 6 heteroatoms. The molecule has 1 fully saturated rings. The second-order valence-electron chi connectivity index (χ2n) is 4.62. The van der Waals surface area contributed by atoms with Crippen LogP contribution in [0.25, 0.3) is 0 Å². The monoisotopic (exact) mass is 268 g/mol. The van der Waals surface area contributed by atoms with Crippen LogP contribution in [-0.4, -0.2) is 32.2 Å². The summed E-state index contributed by atoms with van der Waals surface area (Å²) in [6.07, 6.45) is 5.20. The van der Waals surface area contributed by atoms with E-state index < -0.39 is 0 Å². The molecule has 2 rings (SSSR count). The Kier molecular flexibility index (Phi) is 4.27. The number of amides is 1. The van der Waals surface area contributed by atoms with Crippen molar-refractivity contribution in [1.29, 1.82) is 0 Å². The van der Waals surface area contributed by atoms with E-state index in [1.807, 2.05) is 20.1 Å². The third-order valence-electron chi connectivity index (χ3n) is 3.22. The molecule has 18 heavy (non-hydrogen) atoms. The van der Waals surface area contributed by atoms with Gasteiger partial charge in [-0.05, 0) is 32.4 Å². The molecule has 1 saturated carbocycles. The third kappa shape index (κ3) is 2.85. The summed E-state index contributed by atoms with van der Waals surface area (Å²) < 4.78 is 2.15. The molecule has 1 N–H and O–H groups in total. The van der Waals surface area contributed by atoms with E-state index in [1.165, 1.54) is 12.8 Å². The zero-order chi connectivity index (χ0) is 13.1. The lowest BCUT2D eigenvalue weighted by Gasteiger charge is -2.12. The normalized spacial score (nSPS) is 16.6. The molecule has 0 unspecified atom stereocenters. The SMILES string of the molecule is CC[C@@H](SC)C(=O)NCc1nnc(C)n1C1CC1. The molecule has 5 nitrogen and oxygen atoms in total. The number of rotatable bonds is 6. The van der Waals surface area contributed by atoms with Crippen LogP contribution in [0, 0.1) is 6.92 Å². The molecule has 0 aliphatic heterocycles. The number of carbonyl (C=O) groups excluding carboxylic acids is 1. The van der Waals surface area contributed by atoms with Crippen molar-refractivity contribution in [3.05, 3.63) is 11.6 Å². The number of carbonyl (C=O) groups is 1. The Balaban J connectivity index is 1.96. The number of hydrogen-bond acceptors (Lipinski definition) is 4. The van der Waals surface area contributed by atoms with Gasteiger partial charge in [-0.2, -0.15) is 11.8 Å². The van der Waals surface area contributed by atoms with Gasteiger partial charge in [-0.1, -0.05) is 6.92 Å². The van der Waals surface area contributed by atoms with Gasteiger partial charge in [0, 0.05) is 6.04 Å². The Hall–Kier alpha value is -1.04. The smallest absolute Gasteiger partial charge is 0.233 e. The van der Waals surface area contributed by atoms with Crippen molar-refractivity contribution < 1.29 is 4.79 Å². The molecule has 100 valence electrons. The van der Waals surface area contributed by atoms with Crippen molar-refractivity contribution in [3.63, 3.8) is 0 Å². The van der Waals surface area contributed by atoms with Gasteiger partial charge in [0.2, 0.25) is 5.91 Å². The second kappa shape index (κ2) is 5.73. The lowest BCUT2D eigenvalue weighted by Crippen LogP contribution is -2.32. The molecule has 1 heterocycles. The van der Waals surface area contributed by atoms with Crippen LogP contribution >= 0.6 is 11.8 Å². The molecule has 0 bridgehead atoms. The van der Waals surface area contributed by atoms with Gasteiger partial charge in [-0.25, -0.2) is 0 Å². The maximum Gasteiger partial charge on any atom is 0.233 e. The van der Waals surface area contributed by atoms with Crippen LogP contribution < -0.4 is 5.32 Å². The van der Waals surface area contributed by atoms with E-state index in [0.717, 1.165) is 18.1 Å². The van der Waals surface area contributed by atoms with Crippen LogP contribution in [0.15, 0.2) is 0 Å². The number of nitrogens with one attached hydrogen (secondary N) is 1. The molecule has 1 aliphatic rings. The van der Waals surface area contributed by atoms with E-state index in [1.54, 1.807) is 11.8 Å². The van der Waals surface area contributed by atoms with Gasteiger partial charge in [0.15, 0.2) is 5.82 Å². The van der Waals surface area contributed by atoms with E-state index in [9.17, 15) is 4.79 Å². The fourth-order valence-electron chi connectivity index (χ4n) is 2.08. The van der Waals surface area contributed by atoms with Crippen LogP contribution in [0.4, 0.5) is 0 Å². The average Bonchev–Trinajstić information content (AvgIpc) is 3.12. The predicted octanol–water partition coefficient (Wildman–Crippen LogP) is 1.68. The maximum absolute atomic E-state index is 11.9. The first-order valence-corrected chi connectivity index (χ1v) is 7.67. The Bertz CT molecular complexity index is 424. The molecule has 0 aromatic carbocycles. The predicted molar refractivity (Wildman–Crippen MR) is 72.5 cm³/mol. The zero-order valence-corrected chi connectivity index (χ0v) is 12.0. The quantitative estimate of drug-likeness (QED) is 0.852. The Labute approximate surface area is 112 Å². The largest absolute Gasteiger partial charge is 0.348 e. The first kappa shape index (κ1) is 13.4. The summed E-state index contributed by atoms with van der Waals surface area (Å²) >= 11 is 1.59. The molecule has 1 aromatic heterocycles. The molecular weight excluding hydrogens is 248 g/mol. The van der Waals surface area contributed by atoms with Gasteiger partial charge in [0.1, 0.15) is 5.82 Å². The number of hydrogen-bond donors (Lipinski definition) is 1. The minimum Gasteiger partial charge on any atom is -0.348 e. The summed E-state index contributed by atoms with van der Waals surface area (Å²) in [5.74, 6) is 1.91. The van der Waals surface area contributed by atoms with Crippen LogP contribution in [0.5, 0.6) is 0 Å². The van der Waals surface area contributed by atoms with Crippen LogP contribution in [-0.2, 0) is 11.3 Å². The van der Waals surface area contributed by atoms with Crippen molar-refractivity contribution in [2.45, 2.75) is 50.9 Å². The van der Waals surface area contributed by atoms with E-state index >= 15 is 0 Å². The van der Waals surface area contributed by atoms with Gasteiger partial charge in [0.05, 0.1) is 11.8 Å². The summed E-state index contributed by atoms with van der Waals surface area (Å²) in [6, 6.07) is 0.550. The highest BCUT2D eigenvalue weighted by Gasteiger charge is 2.28. The van der Waals surface area contributed by atoms with Crippen molar-refractivity contribution in [2.24, 2.45) is 0 Å². The van der Waals surface area contributed by atoms with Crippen LogP contribution in [0.2, 0.25) is 0 Å². The van der Waals surface area contributed by atoms with Gasteiger partial charge in [0.25, 0.3) is 0 Å². The fraction of sp³-hybridized carbons (Fsp3) is 0.750. The molecule has 0 spiro atoms. The van der Waals surface area contributed by atoms with Crippen molar-refractivity contribution in [2.75, 3.05) is 6.26 Å². The van der Waals surface area contributed by atoms with E-state index in [-0.39, 0.29) is 11.2 Å². The summed E-state index contributed by atoms with van der Waals surface area (Å²) in [6.45, 7) is 4.47. The number of thioether (sulfide) groups is 1. The van der Waals surface area contributed by atoms with Crippen molar-refractivity contribution in [3.8, 4) is 0 Å². The summed E-state index contributed by atoms with van der Waals surface area (Å²) in [7, 11) is 0. The zero-order valence-electron chi connectivity index (χ0n) is 11.1. The number of aromatic nitrogens is 3. The van der Waals surface area contributed by atoms with Crippen molar-refractivity contribution in [1.82, 2.24) is 20.1 Å². The minimum absolute atomic E-state index is 0.0309. The first-order chi connectivity index (χ1) is 8.67. The lowest BCUT2D eigenvalue weighted by atomic mass is 10.3. The van der Waals surface area contributed by atoms with Gasteiger partial charge < -0.3 is 9.88 Å². The molecule has 1 aromatic rings. The van der Waals surface area contributed by atoms with Gasteiger partial charge in [-0.15, -0.1) is 10.2 Å². The van der Waals surface area contributed by atoms with Crippen LogP contribution in [0.1, 0.15) is 43.9 Å². The Morgan fingerprint density at radius 3 is 2.83 bits per heavy atom. The molecule has 0 saturated heterocycles. The molecule has 1 amide bonds. The standard InChI is InChI=1S/C12H20N4OS/c1-4-10(18-3)12(17)13-7-11-15-14-8(2)16(11)9-5-6-9/h9-10H,4-7H2,1-3H3,(H,13,17)/t10-/m1/s1. The van der Waals surface area contributed by atoms with E-state index in [2.05, 4.69) is 20.1 Å².